The molecule has 0 unspecified atom stereocenters. The SMILES string of the molecule is C1=CCCC(n2c(-c3ccc(-c4c5ccccc5c(-c5c6c(c(-c7cc8c(cc7-c7ccccc7)C=CCC8)c7ccccc57)C=CCC6)c5ccccc45)cc3)nc3ccccc32)=C1. The minimum absolute atomic E-state index is 0.983. The average molecular weight is 831 g/mol. The van der Waals surface area contributed by atoms with Gasteiger partial charge in [0, 0.05) is 11.3 Å². The third-order valence-electron chi connectivity index (χ3n) is 14.2. The van der Waals surface area contributed by atoms with E-state index in [9.17, 15) is 0 Å². The van der Waals surface area contributed by atoms with E-state index in [0.717, 1.165) is 60.9 Å². The standard InChI is InChI=1S/C63H46N2/c1-3-19-41(20-4-1)55-39-44-21-7-8-22-45(44)40-56(55)60-49-27-11-15-31-53(49)62(54-32-16-12-28-50(54)60)61-51-29-13-9-25-47(51)59(48-26-10-14-30-52(48)61)42-35-37-43(38-36-42)63-64-57-33-17-18-34-58(57)65(63)46-23-5-2-6-24-46/h1-5,7,9-15,17-21,23,25-31,33-40H,6,8,16,22,24,32H2. The number of aryl methyl sites for hydroxylation is 1. The van der Waals surface area contributed by atoms with Gasteiger partial charge < -0.3 is 0 Å². The molecule has 0 radical (unpaired) electrons. The lowest BCUT2D eigenvalue weighted by Gasteiger charge is -2.27. The Morgan fingerprint density at radius 2 is 1.03 bits per heavy atom. The molecule has 13 rings (SSSR count). The van der Waals surface area contributed by atoms with Gasteiger partial charge in [0.05, 0.1) is 11.0 Å². The van der Waals surface area contributed by atoms with Crippen LogP contribution < -0.4 is 0 Å². The number of para-hydroxylation sites is 2. The van der Waals surface area contributed by atoms with E-state index in [1.807, 2.05) is 0 Å². The van der Waals surface area contributed by atoms with E-state index in [-0.39, 0.29) is 0 Å². The molecule has 0 N–H and O–H groups in total. The first-order chi connectivity index (χ1) is 32.3. The van der Waals surface area contributed by atoms with Gasteiger partial charge in [0.2, 0.25) is 0 Å². The monoisotopic (exact) mass is 830 g/mol. The molecule has 0 atom stereocenters. The van der Waals surface area contributed by atoms with Gasteiger partial charge in [0.1, 0.15) is 5.82 Å². The quantitative estimate of drug-likeness (QED) is 0.153. The highest BCUT2D eigenvalue weighted by Gasteiger charge is 2.27. The van der Waals surface area contributed by atoms with Gasteiger partial charge in [-0.1, -0.05) is 176 Å². The van der Waals surface area contributed by atoms with Crippen molar-refractivity contribution >= 4 is 61.2 Å². The molecule has 3 aliphatic rings. The second kappa shape index (κ2) is 15.5. The molecule has 2 heteroatoms. The molecular formula is C63H46N2. The molecule has 3 aliphatic carbocycles. The van der Waals surface area contributed by atoms with Gasteiger partial charge in [-0.25, -0.2) is 4.98 Å². The normalized spacial score (nSPS) is 14.3. The fourth-order valence-electron chi connectivity index (χ4n) is 11.3. The van der Waals surface area contributed by atoms with Crippen molar-refractivity contribution in [3.05, 3.63) is 216 Å². The van der Waals surface area contributed by atoms with E-state index in [4.69, 9.17) is 4.98 Å². The molecule has 9 aromatic carbocycles. The van der Waals surface area contributed by atoms with Crippen LogP contribution in [0.1, 0.15) is 47.9 Å². The van der Waals surface area contributed by atoms with Crippen LogP contribution in [0.5, 0.6) is 0 Å². The summed E-state index contributed by atoms with van der Waals surface area (Å²) in [7, 11) is 0. The van der Waals surface area contributed by atoms with E-state index in [1.54, 1.807) is 0 Å². The van der Waals surface area contributed by atoms with Crippen molar-refractivity contribution in [1.29, 1.82) is 0 Å². The Morgan fingerprint density at radius 1 is 0.431 bits per heavy atom. The maximum Gasteiger partial charge on any atom is 0.145 e. The second-order valence-corrected chi connectivity index (χ2v) is 17.8. The smallest absolute Gasteiger partial charge is 0.145 e. The predicted octanol–water partition coefficient (Wildman–Crippen LogP) is 16.9. The molecular weight excluding hydrogens is 785 g/mol. The molecule has 0 bridgehead atoms. The van der Waals surface area contributed by atoms with E-state index in [0.29, 0.717) is 0 Å². The Hall–Kier alpha value is -7.81. The minimum Gasteiger partial charge on any atom is -0.296 e. The summed E-state index contributed by atoms with van der Waals surface area (Å²) >= 11 is 0. The van der Waals surface area contributed by atoms with Crippen molar-refractivity contribution < 1.29 is 0 Å². The third kappa shape index (κ3) is 6.12. The summed E-state index contributed by atoms with van der Waals surface area (Å²) in [5.41, 5.74) is 20.5. The largest absolute Gasteiger partial charge is 0.296 e. The van der Waals surface area contributed by atoms with Crippen molar-refractivity contribution in [2.24, 2.45) is 0 Å². The van der Waals surface area contributed by atoms with Crippen LogP contribution in [0.3, 0.4) is 0 Å². The Kier molecular flexibility index (Phi) is 8.98. The summed E-state index contributed by atoms with van der Waals surface area (Å²) in [6.45, 7) is 0. The molecule has 308 valence electrons. The number of hydrogen-bond donors (Lipinski definition) is 0. The molecule has 0 spiro atoms. The number of fused-ring (bicyclic) bond motifs is 6. The summed E-state index contributed by atoms with van der Waals surface area (Å²) in [5, 5.41) is 7.71. The summed E-state index contributed by atoms with van der Waals surface area (Å²) in [6, 6.07) is 61.2. The zero-order valence-electron chi connectivity index (χ0n) is 36.3. The highest BCUT2D eigenvalue weighted by molar-refractivity contribution is 6.25. The number of allylic oxidation sites excluding steroid dienone is 6. The molecule has 0 saturated heterocycles. The number of nitrogens with zero attached hydrogens (tertiary/aromatic N) is 2. The summed E-state index contributed by atoms with van der Waals surface area (Å²) in [5.74, 6) is 0.988. The fraction of sp³-hybridized carbons (Fsp3) is 0.0952. The van der Waals surface area contributed by atoms with E-state index in [1.165, 1.54) is 105 Å². The van der Waals surface area contributed by atoms with Crippen molar-refractivity contribution in [3.63, 3.8) is 0 Å². The van der Waals surface area contributed by atoms with Crippen LogP contribution in [0, 0.1) is 0 Å². The van der Waals surface area contributed by atoms with Crippen LogP contribution in [0.15, 0.2) is 194 Å². The molecule has 0 amide bonds. The molecule has 1 aromatic heterocycles. The van der Waals surface area contributed by atoms with Crippen LogP contribution in [0.25, 0.3) is 117 Å². The molecule has 0 fully saturated rings. The topological polar surface area (TPSA) is 17.8 Å². The molecule has 2 nitrogen and oxygen atoms in total. The Morgan fingerprint density at radius 3 is 1.75 bits per heavy atom. The molecule has 10 aromatic rings. The first kappa shape index (κ1) is 37.7. The van der Waals surface area contributed by atoms with Crippen LogP contribution >= 0.6 is 0 Å². The first-order valence-electron chi connectivity index (χ1n) is 23.3. The Balaban J connectivity index is 1.04. The zero-order chi connectivity index (χ0) is 42.8. The molecule has 0 saturated carbocycles. The summed E-state index contributed by atoms with van der Waals surface area (Å²) in [6.07, 6.45) is 22.3. The second-order valence-electron chi connectivity index (χ2n) is 17.8. The van der Waals surface area contributed by atoms with E-state index < -0.39 is 0 Å². The van der Waals surface area contributed by atoms with Gasteiger partial charge in [0.25, 0.3) is 0 Å². The lowest BCUT2D eigenvalue weighted by Crippen LogP contribution is -2.05. The summed E-state index contributed by atoms with van der Waals surface area (Å²) in [4.78, 5) is 5.22. The van der Waals surface area contributed by atoms with Gasteiger partial charge in [-0.05, 0) is 168 Å². The first-order valence-corrected chi connectivity index (χ1v) is 23.3. The Labute approximate surface area is 379 Å². The minimum atomic E-state index is 0.983. The third-order valence-corrected chi connectivity index (χ3v) is 14.2. The van der Waals surface area contributed by atoms with Crippen molar-refractivity contribution in [2.75, 3.05) is 0 Å². The van der Waals surface area contributed by atoms with Gasteiger partial charge in [-0.2, -0.15) is 0 Å². The van der Waals surface area contributed by atoms with Crippen molar-refractivity contribution in [3.8, 4) is 55.9 Å². The van der Waals surface area contributed by atoms with Gasteiger partial charge in [-0.3, -0.25) is 4.57 Å². The highest BCUT2D eigenvalue weighted by atomic mass is 15.1. The number of hydrogen-bond acceptors (Lipinski definition) is 1. The van der Waals surface area contributed by atoms with Crippen LogP contribution in [-0.2, 0) is 12.8 Å². The lowest BCUT2D eigenvalue weighted by atomic mass is 9.76. The van der Waals surface area contributed by atoms with E-state index >= 15 is 0 Å². The molecule has 65 heavy (non-hydrogen) atoms. The predicted molar refractivity (Wildman–Crippen MR) is 277 cm³/mol. The maximum atomic E-state index is 5.22. The number of aromatic nitrogens is 2. The van der Waals surface area contributed by atoms with Crippen molar-refractivity contribution in [1.82, 2.24) is 9.55 Å². The van der Waals surface area contributed by atoms with Crippen LogP contribution in [0.2, 0.25) is 0 Å². The Bertz CT molecular complexity index is 3630. The molecule has 0 aliphatic heterocycles. The number of imidazole rings is 1. The maximum absolute atomic E-state index is 5.22. The fourth-order valence-corrected chi connectivity index (χ4v) is 11.3. The number of benzene rings is 9. The van der Waals surface area contributed by atoms with E-state index in [2.05, 4.69) is 211 Å². The zero-order valence-corrected chi connectivity index (χ0v) is 36.3. The van der Waals surface area contributed by atoms with Crippen LogP contribution in [0.4, 0.5) is 0 Å². The lowest BCUT2D eigenvalue weighted by molar-refractivity contribution is 0.960. The highest BCUT2D eigenvalue weighted by Crippen LogP contribution is 2.52. The number of rotatable bonds is 6. The van der Waals surface area contributed by atoms with Gasteiger partial charge in [-0.15, -0.1) is 0 Å². The van der Waals surface area contributed by atoms with Crippen molar-refractivity contribution in [2.45, 2.75) is 38.5 Å². The van der Waals surface area contributed by atoms with Gasteiger partial charge >= 0.3 is 0 Å². The molecule has 1 heterocycles. The van der Waals surface area contributed by atoms with Gasteiger partial charge in [0.15, 0.2) is 0 Å². The average Bonchev–Trinajstić information content (AvgIpc) is 3.77. The van der Waals surface area contributed by atoms with Crippen LogP contribution in [-0.4, -0.2) is 9.55 Å². The summed E-state index contributed by atoms with van der Waals surface area (Å²) < 4.78 is 2.37.